The Hall–Kier alpha value is -0.250. The molecule has 0 aromatic carbocycles. The number of rotatable bonds is 7. The molecule has 0 saturated heterocycles. The average Bonchev–Trinajstić information content (AvgIpc) is 2.11. The molecule has 0 saturated carbocycles. The van der Waals surface area contributed by atoms with Crippen LogP contribution >= 0.6 is 0 Å². The van der Waals surface area contributed by atoms with Gasteiger partial charge in [0, 0.05) is 12.5 Å². The van der Waals surface area contributed by atoms with E-state index in [1.807, 2.05) is 6.92 Å². The molecule has 0 rings (SSSR count). The molecular formula is C11H22F3N. The molecule has 2 atom stereocenters. The zero-order chi connectivity index (χ0) is 11.9. The lowest BCUT2D eigenvalue weighted by Gasteiger charge is -2.17. The van der Waals surface area contributed by atoms with Crippen LogP contribution in [-0.2, 0) is 0 Å². The van der Waals surface area contributed by atoms with E-state index in [1.165, 1.54) is 0 Å². The first kappa shape index (κ1) is 14.8. The van der Waals surface area contributed by atoms with Crippen LogP contribution in [0.3, 0.4) is 0 Å². The van der Waals surface area contributed by atoms with Gasteiger partial charge in [0.05, 0.1) is 0 Å². The molecule has 92 valence electrons. The van der Waals surface area contributed by atoms with Gasteiger partial charge in [0.15, 0.2) is 0 Å². The summed E-state index contributed by atoms with van der Waals surface area (Å²) in [6.07, 6.45) is -2.37. The van der Waals surface area contributed by atoms with Crippen LogP contribution in [0.25, 0.3) is 0 Å². The number of halogens is 3. The Bertz CT molecular complexity index is 156. The van der Waals surface area contributed by atoms with Crippen molar-refractivity contribution >= 4 is 0 Å². The monoisotopic (exact) mass is 225 g/mol. The van der Waals surface area contributed by atoms with Gasteiger partial charge in [-0.2, -0.15) is 13.2 Å². The summed E-state index contributed by atoms with van der Waals surface area (Å²) in [7, 11) is 0. The van der Waals surface area contributed by atoms with Gasteiger partial charge in [-0.05, 0) is 32.2 Å². The van der Waals surface area contributed by atoms with Crippen molar-refractivity contribution < 1.29 is 13.2 Å². The van der Waals surface area contributed by atoms with E-state index in [2.05, 4.69) is 19.2 Å². The van der Waals surface area contributed by atoms with Crippen LogP contribution in [0.4, 0.5) is 13.2 Å². The second-order valence-electron chi connectivity index (χ2n) is 4.32. The normalized spacial score (nSPS) is 16.4. The molecule has 0 heterocycles. The molecule has 0 radical (unpaired) electrons. The number of hydrogen-bond donors (Lipinski definition) is 1. The predicted molar refractivity (Wildman–Crippen MR) is 56.8 cm³/mol. The second kappa shape index (κ2) is 7.09. The van der Waals surface area contributed by atoms with Gasteiger partial charge in [0.1, 0.15) is 0 Å². The van der Waals surface area contributed by atoms with Crippen molar-refractivity contribution in [2.75, 3.05) is 6.54 Å². The van der Waals surface area contributed by atoms with Gasteiger partial charge in [0.2, 0.25) is 0 Å². The summed E-state index contributed by atoms with van der Waals surface area (Å²) in [5.41, 5.74) is 0. The maximum Gasteiger partial charge on any atom is 0.389 e. The third kappa shape index (κ3) is 10.0. The molecule has 0 aromatic heterocycles. The summed E-state index contributed by atoms with van der Waals surface area (Å²) in [5.74, 6) is 0.634. The van der Waals surface area contributed by atoms with Crippen molar-refractivity contribution in [3.8, 4) is 0 Å². The van der Waals surface area contributed by atoms with Crippen LogP contribution < -0.4 is 5.32 Å². The lowest BCUT2D eigenvalue weighted by Crippen LogP contribution is -2.29. The van der Waals surface area contributed by atoms with Crippen molar-refractivity contribution in [3.05, 3.63) is 0 Å². The smallest absolute Gasteiger partial charge is 0.314 e. The minimum atomic E-state index is -4.01. The van der Waals surface area contributed by atoms with Gasteiger partial charge < -0.3 is 5.32 Å². The van der Waals surface area contributed by atoms with E-state index in [-0.39, 0.29) is 6.42 Å². The minimum Gasteiger partial charge on any atom is -0.314 e. The Morgan fingerprint density at radius 3 is 2.27 bits per heavy atom. The largest absolute Gasteiger partial charge is 0.389 e. The highest BCUT2D eigenvalue weighted by molar-refractivity contribution is 4.65. The molecule has 0 bridgehead atoms. The van der Waals surface area contributed by atoms with Crippen molar-refractivity contribution in [1.82, 2.24) is 5.32 Å². The predicted octanol–water partition coefficient (Wildman–Crippen LogP) is 3.74. The molecule has 4 heteroatoms. The van der Waals surface area contributed by atoms with E-state index in [9.17, 15) is 13.2 Å². The zero-order valence-electron chi connectivity index (χ0n) is 9.82. The fraction of sp³-hybridized carbons (Fsp3) is 1.00. The third-order valence-electron chi connectivity index (χ3n) is 2.58. The third-order valence-corrected chi connectivity index (χ3v) is 2.58. The van der Waals surface area contributed by atoms with Crippen LogP contribution in [0.1, 0.15) is 46.5 Å². The van der Waals surface area contributed by atoms with Crippen molar-refractivity contribution in [2.24, 2.45) is 5.92 Å². The summed E-state index contributed by atoms with van der Waals surface area (Å²) in [5, 5.41) is 3.12. The van der Waals surface area contributed by atoms with Crippen LogP contribution in [0.5, 0.6) is 0 Å². The fourth-order valence-electron chi connectivity index (χ4n) is 1.49. The van der Waals surface area contributed by atoms with Crippen molar-refractivity contribution in [2.45, 2.75) is 58.7 Å². The van der Waals surface area contributed by atoms with E-state index in [1.54, 1.807) is 0 Å². The summed E-state index contributed by atoms with van der Waals surface area (Å²) in [6, 6.07) is 0.313. The van der Waals surface area contributed by atoms with E-state index in [0.717, 1.165) is 12.8 Å². The minimum absolute atomic E-state index is 0.175. The van der Waals surface area contributed by atoms with Crippen LogP contribution in [0, 0.1) is 5.92 Å². The van der Waals surface area contributed by atoms with E-state index in [0.29, 0.717) is 18.5 Å². The molecule has 15 heavy (non-hydrogen) atoms. The highest BCUT2D eigenvalue weighted by Gasteiger charge is 2.25. The molecule has 0 spiro atoms. The topological polar surface area (TPSA) is 12.0 Å². The van der Waals surface area contributed by atoms with Gasteiger partial charge in [0.25, 0.3) is 0 Å². The Morgan fingerprint density at radius 2 is 1.80 bits per heavy atom. The Morgan fingerprint density at radius 1 is 1.20 bits per heavy atom. The average molecular weight is 225 g/mol. The first-order chi connectivity index (χ1) is 6.85. The maximum atomic E-state index is 11.8. The molecule has 1 nitrogen and oxygen atoms in total. The van der Waals surface area contributed by atoms with Gasteiger partial charge >= 0.3 is 6.18 Å². The second-order valence-corrected chi connectivity index (χ2v) is 4.32. The van der Waals surface area contributed by atoms with Crippen LogP contribution in [0.2, 0.25) is 0 Å². The van der Waals surface area contributed by atoms with E-state index in [4.69, 9.17) is 0 Å². The lowest BCUT2D eigenvalue weighted by atomic mass is 10.0. The number of alkyl halides is 3. The summed E-state index contributed by atoms with van der Waals surface area (Å²) < 4.78 is 35.5. The molecule has 2 unspecified atom stereocenters. The molecule has 0 aliphatic heterocycles. The molecular weight excluding hydrogens is 203 g/mol. The number of nitrogens with one attached hydrogen (secondary N) is 1. The zero-order valence-corrected chi connectivity index (χ0v) is 9.82. The standard InChI is InChI=1S/C11H22F3N/c1-4-9(2)8-10(3)15-7-5-6-11(12,13)14/h9-10,15H,4-8H2,1-3H3. The number of hydrogen-bond acceptors (Lipinski definition) is 1. The molecule has 1 N–H and O–H groups in total. The highest BCUT2D eigenvalue weighted by atomic mass is 19.4. The van der Waals surface area contributed by atoms with E-state index < -0.39 is 12.6 Å². The lowest BCUT2D eigenvalue weighted by molar-refractivity contribution is -0.135. The summed E-state index contributed by atoms with van der Waals surface area (Å²) >= 11 is 0. The summed E-state index contributed by atoms with van der Waals surface area (Å²) in [6.45, 7) is 6.77. The Balaban J connectivity index is 3.43. The summed E-state index contributed by atoms with van der Waals surface area (Å²) in [4.78, 5) is 0. The molecule has 0 aliphatic rings. The maximum absolute atomic E-state index is 11.8. The highest BCUT2D eigenvalue weighted by Crippen LogP contribution is 2.20. The molecule has 0 aliphatic carbocycles. The Kier molecular flexibility index (Phi) is 6.98. The first-order valence-corrected chi connectivity index (χ1v) is 5.65. The van der Waals surface area contributed by atoms with Gasteiger partial charge in [-0.15, -0.1) is 0 Å². The molecule has 0 aromatic rings. The fourth-order valence-corrected chi connectivity index (χ4v) is 1.49. The van der Waals surface area contributed by atoms with Gasteiger partial charge in [-0.25, -0.2) is 0 Å². The quantitative estimate of drug-likeness (QED) is 0.651. The van der Waals surface area contributed by atoms with Crippen LogP contribution in [0.15, 0.2) is 0 Å². The van der Waals surface area contributed by atoms with E-state index >= 15 is 0 Å². The molecule has 0 amide bonds. The van der Waals surface area contributed by atoms with Crippen molar-refractivity contribution in [3.63, 3.8) is 0 Å². The van der Waals surface area contributed by atoms with Crippen LogP contribution in [-0.4, -0.2) is 18.8 Å². The van der Waals surface area contributed by atoms with Gasteiger partial charge in [-0.3, -0.25) is 0 Å². The first-order valence-electron chi connectivity index (χ1n) is 5.65. The molecule has 0 fully saturated rings. The van der Waals surface area contributed by atoms with Gasteiger partial charge in [-0.1, -0.05) is 20.3 Å². The van der Waals surface area contributed by atoms with Crippen molar-refractivity contribution in [1.29, 1.82) is 0 Å². The Labute approximate surface area is 90.4 Å². The SMILES string of the molecule is CCC(C)CC(C)NCCCC(F)(F)F.